The highest BCUT2D eigenvalue weighted by atomic mass is 16.5. The summed E-state index contributed by atoms with van der Waals surface area (Å²) in [7, 11) is 0. The largest absolute Gasteiger partial charge is 0.361 e. The van der Waals surface area contributed by atoms with Crippen LogP contribution in [0, 0.1) is 19.8 Å². The Labute approximate surface area is 108 Å². The highest BCUT2D eigenvalue weighted by molar-refractivity contribution is 5.81. The zero-order valence-corrected chi connectivity index (χ0v) is 11.8. The Morgan fingerprint density at radius 2 is 2.00 bits per heavy atom. The molecule has 0 aliphatic heterocycles. The topological polar surface area (TPSA) is 81.2 Å². The molecule has 1 aromatic heterocycles. The summed E-state index contributed by atoms with van der Waals surface area (Å²) in [5, 5.41) is 6.79. The maximum Gasteiger partial charge on any atom is 0.237 e. The number of rotatable bonds is 5. The van der Waals surface area contributed by atoms with Crippen molar-refractivity contribution >= 4 is 5.91 Å². The molecule has 0 aliphatic rings. The van der Waals surface area contributed by atoms with E-state index in [2.05, 4.69) is 10.5 Å². The predicted molar refractivity (Wildman–Crippen MR) is 70.0 cm³/mol. The van der Waals surface area contributed by atoms with E-state index in [-0.39, 0.29) is 11.9 Å². The van der Waals surface area contributed by atoms with Gasteiger partial charge < -0.3 is 15.6 Å². The Bertz CT molecular complexity index is 393. The van der Waals surface area contributed by atoms with Gasteiger partial charge in [-0.3, -0.25) is 4.79 Å². The lowest BCUT2D eigenvalue weighted by Crippen LogP contribution is -2.42. The fourth-order valence-corrected chi connectivity index (χ4v) is 2.12. The van der Waals surface area contributed by atoms with Crippen LogP contribution in [0.3, 0.4) is 0 Å². The molecule has 3 N–H and O–H groups in total. The number of nitrogens with zero attached hydrogens (tertiary/aromatic N) is 1. The first kappa shape index (κ1) is 14.7. The molecule has 1 heterocycles. The molecule has 0 saturated heterocycles. The Morgan fingerprint density at radius 1 is 1.39 bits per heavy atom. The van der Waals surface area contributed by atoms with Crippen LogP contribution in [-0.4, -0.2) is 17.1 Å². The number of aryl methyl sites for hydroxylation is 2. The smallest absolute Gasteiger partial charge is 0.237 e. The number of carbonyl (C=O) groups excluding carboxylic acids is 1. The van der Waals surface area contributed by atoms with Gasteiger partial charge in [0.15, 0.2) is 0 Å². The van der Waals surface area contributed by atoms with Gasteiger partial charge in [0.25, 0.3) is 0 Å². The number of aromatic nitrogens is 1. The van der Waals surface area contributed by atoms with Crippen molar-refractivity contribution in [3.05, 3.63) is 17.0 Å². The van der Waals surface area contributed by atoms with Crippen molar-refractivity contribution in [2.45, 2.75) is 53.1 Å². The molecule has 18 heavy (non-hydrogen) atoms. The second kappa shape index (κ2) is 6.00. The van der Waals surface area contributed by atoms with E-state index in [1.54, 1.807) is 0 Å². The standard InChI is InChI=1S/C13H23N3O2/c1-7(2)6-11(14)13(17)15-8(3)12-9(4)16-18-10(12)5/h7-8,11H,6,14H2,1-5H3,(H,15,17). The van der Waals surface area contributed by atoms with Crippen LogP contribution in [0.4, 0.5) is 0 Å². The van der Waals surface area contributed by atoms with Gasteiger partial charge in [0, 0.05) is 5.56 Å². The van der Waals surface area contributed by atoms with Crippen LogP contribution in [0.5, 0.6) is 0 Å². The molecule has 0 radical (unpaired) electrons. The molecular formula is C13H23N3O2. The molecule has 0 fully saturated rings. The third-order valence-electron chi connectivity index (χ3n) is 2.94. The van der Waals surface area contributed by atoms with Gasteiger partial charge in [-0.05, 0) is 33.1 Å². The summed E-state index contributed by atoms with van der Waals surface area (Å²) in [5.41, 5.74) is 7.58. The molecular weight excluding hydrogens is 230 g/mol. The van der Waals surface area contributed by atoms with Crippen LogP contribution in [0.1, 0.15) is 50.3 Å². The molecule has 1 aromatic rings. The van der Waals surface area contributed by atoms with E-state index >= 15 is 0 Å². The average Bonchev–Trinajstić information content (AvgIpc) is 2.57. The number of hydrogen-bond donors (Lipinski definition) is 2. The van der Waals surface area contributed by atoms with Crippen molar-refractivity contribution in [3.8, 4) is 0 Å². The summed E-state index contributed by atoms with van der Waals surface area (Å²) >= 11 is 0. The van der Waals surface area contributed by atoms with E-state index in [0.717, 1.165) is 17.0 Å². The van der Waals surface area contributed by atoms with Gasteiger partial charge in [-0.15, -0.1) is 0 Å². The monoisotopic (exact) mass is 253 g/mol. The summed E-state index contributed by atoms with van der Waals surface area (Å²) in [6, 6.07) is -0.602. The van der Waals surface area contributed by atoms with Gasteiger partial charge in [-0.25, -0.2) is 0 Å². The van der Waals surface area contributed by atoms with Gasteiger partial charge in [-0.2, -0.15) is 0 Å². The molecule has 0 aromatic carbocycles. The number of carbonyl (C=O) groups is 1. The number of hydrogen-bond acceptors (Lipinski definition) is 4. The minimum absolute atomic E-state index is 0.129. The van der Waals surface area contributed by atoms with Gasteiger partial charge >= 0.3 is 0 Å². The molecule has 0 bridgehead atoms. The SMILES string of the molecule is Cc1noc(C)c1C(C)NC(=O)C(N)CC(C)C. The van der Waals surface area contributed by atoms with Crippen molar-refractivity contribution in [3.63, 3.8) is 0 Å². The first-order valence-corrected chi connectivity index (χ1v) is 6.31. The van der Waals surface area contributed by atoms with Gasteiger partial charge in [0.1, 0.15) is 5.76 Å². The van der Waals surface area contributed by atoms with Crippen LogP contribution >= 0.6 is 0 Å². The van der Waals surface area contributed by atoms with Gasteiger partial charge in [0.2, 0.25) is 5.91 Å². The first-order chi connectivity index (χ1) is 8.32. The average molecular weight is 253 g/mol. The van der Waals surface area contributed by atoms with E-state index in [0.29, 0.717) is 12.3 Å². The van der Waals surface area contributed by atoms with Crippen LogP contribution in [0.2, 0.25) is 0 Å². The lowest BCUT2D eigenvalue weighted by molar-refractivity contribution is -0.123. The second-order valence-corrected chi connectivity index (χ2v) is 5.20. The lowest BCUT2D eigenvalue weighted by Gasteiger charge is -2.18. The fraction of sp³-hybridized carbons (Fsp3) is 0.692. The summed E-state index contributed by atoms with van der Waals surface area (Å²) in [6.45, 7) is 9.71. The molecule has 5 heteroatoms. The number of nitrogens with two attached hydrogens (primary N) is 1. The summed E-state index contributed by atoms with van der Waals surface area (Å²) in [5.74, 6) is 1.01. The Hall–Kier alpha value is -1.36. The molecule has 1 amide bonds. The predicted octanol–water partition coefficient (Wildman–Crippen LogP) is 1.84. The van der Waals surface area contributed by atoms with E-state index in [1.807, 2.05) is 34.6 Å². The van der Waals surface area contributed by atoms with Crippen LogP contribution in [0.15, 0.2) is 4.52 Å². The fourth-order valence-electron chi connectivity index (χ4n) is 2.12. The Morgan fingerprint density at radius 3 is 2.44 bits per heavy atom. The van der Waals surface area contributed by atoms with E-state index in [9.17, 15) is 4.79 Å². The molecule has 2 atom stereocenters. The second-order valence-electron chi connectivity index (χ2n) is 5.20. The maximum absolute atomic E-state index is 11.9. The van der Waals surface area contributed by atoms with Crippen LogP contribution in [0.25, 0.3) is 0 Å². The Balaban J connectivity index is 2.65. The third kappa shape index (κ3) is 3.57. The van der Waals surface area contributed by atoms with Crippen LogP contribution < -0.4 is 11.1 Å². The Kier molecular flexibility index (Phi) is 4.90. The molecule has 2 unspecified atom stereocenters. The molecule has 0 spiro atoms. The van der Waals surface area contributed by atoms with Gasteiger partial charge in [0.05, 0.1) is 17.8 Å². The zero-order chi connectivity index (χ0) is 13.9. The first-order valence-electron chi connectivity index (χ1n) is 6.31. The van der Waals surface area contributed by atoms with Crippen molar-refractivity contribution in [1.29, 1.82) is 0 Å². The summed E-state index contributed by atoms with van der Waals surface area (Å²) < 4.78 is 5.09. The lowest BCUT2D eigenvalue weighted by atomic mass is 10.0. The molecule has 0 aliphatic carbocycles. The van der Waals surface area contributed by atoms with Crippen molar-refractivity contribution in [2.75, 3.05) is 0 Å². The number of amides is 1. The third-order valence-corrected chi connectivity index (χ3v) is 2.94. The number of nitrogens with one attached hydrogen (secondary N) is 1. The molecule has 5 nitrogen and oxygen atoms in total. The molecule has 1 rings (SSSR count). The zero-order valence-electron chi connectivity index (χ0n) is 11.8. The van der Waals surface area contributed by atoms with Gasteiger partial charge in [-0.1, -0.05) is 19.0 Å². The van der Waals surface area contributed by atoms with E-state index in [4.69, 9.17) is 10.3 Å². The van der Waals surface area contributed by atoms with Crippen LogP contribution in [-0.2, 0) is 4.79 Å². The minimum Gasteiger partial charge on any atom is -0.361 e. The van der Waals surface area contributed by atoms with Crippen molar-refractivity contribution < 1.29 is 9.32 Å². The van der Waals surface area contributed by atoms with E-state index in [1.165, 1.54) is 0 Å². The maximum atomic E-state index is 11.9. The summed E-state index contributed by atoms with van der Waals surface area (Å²) in [4.78, 5) is 11.9. The molecule has 0 saturated carbocycles. The normalized spacial score (nSPS) is 14.6. The minimum atomic E-state index is -0.465. The summed E-state index contributed by atoms with van der Waals surface area (Å²) in [6.07, 6.45) is 0.681. The van der Waals surface area contributed by atoms with Crippen molar-refractivity contribution in [2.24, 2.45) is 11.7 Å². The highest BCUT2D eigenvalue weighted by Gasteiger charge is 2.21. The van der Waals surface area contributed by atoms with E-state index < -0.39 is 6.04 Å². The molecule has 102 valence electrons. The van der Waals surface area contributed by atoms with Crippen molar-refractivity contribution in [1.82, 2.24) is 10.5 Å². The quantitative estimate of drug-likeness (QED) is 0.839. The highest BCUT2D eigenvalue weighted by Crippen LogP contribution is 2.21.